The average Bonchev–Trinajstić information content (AvgIpc) is 2.90. The maximum absolute atomic E-state index is 12.8. The quantitative estimate of drug-likeness (QED) is 0.828. The van der Waals surface area contributed by atoms with Crippen molar-refractivity contribution < 1.29 is 17.9 Å². The maximum atomic E-state index is 12.8. The van der Waals surface area contributed by atoms with E-state index in [9.17, 15) is 13.2 Å². The van der Waals surface area contributed by atoms with Gasteiger partial charge in [0, 0.05) is 12.3 Å². The van der Waals surface area contributed by atoms with Crippen molar-refractivity contribution in [1.29, 1.82) is 0 Å². The Kier molecular flexibility index (Phi) is 4.72. The van der Waals surface area contributed by atoms with Gasteiger partial charge in [0.1, 0.15) is 0 Å². The average molecular weight is 315 g/mol. The Morgan fingerprint density at radius 3 is 2.65 bits per heavy atom. The first-order valence-electron chi connectivity index (χ1n) is 6.36. The lowest BCUT2D eigenvalue weighted by Gasteiger charge is -2.27. The molecule has 5 nitrogen and oxygen atoms in total. The van der Waals surface area contributed by atoms with Crippen molar-refractivity contribution in [1.82, 2.24) is 5.32 Å². The minimum Gasteiger partial charge on any atom is -0.466 e. The number of benzene rings is 1. The summed E-state index contributed by atoms with van der Waals surface area (Å²) < 4.78 is 29.2. The fraction of sp³-hybridized carbons (Fsp3) is 0.462. The third kappa shape index (κ3) is 2.84. The van der Waals surface area contributed by atoms with E-state index in [-0.39, 0.29) is 17.9 Å². The molecule has 20 heavy (non-hydrogen) atoms. The van der Waals surface area contributed by atoms with Gasteiger partial charge in [-0.1, -0.05) is 18.2 Å². The van der Waals surface area contributed by atoms with E-state index >= 15 is 0 Å². The van der Waals surface area contributed by atoms with Gasteiger partial charge in [-0.3, -0.25) is 10.1 Å². The van der Waals surface area contributed by atoms with Crippen molar-refractivity contribution >= 4 is 27.6 Å². The summed E-state index contributed by atoms with van der Waals surface area (Å²) in [6, 6.07) is 8.19. The molecule has 1 aromatic carbocycles. The van der Waals surface area contributed by atoms with Crippen molar-refractivity contribution in [3.63, 3.8) is 0 Å². The van der Waals surface area contributed by atoms with Crippen LogP contribution in [-0.2, 0) is 19.4 Å². The summed E-state index contributed by atoms with van der Waals surface area (Å²) in [6.07, 6.45) is -0.192. The van der Waals surface area contributed by atoms with Crippen LogP contribution >= 0.6 is 11.8 Å². The zero-order valence-electron chi connectivity index (χ0n) is 11.2. The molecular weight excluding hydrogens is 298 g/mol. The topological polar surface area (TPSA) is 72.5 Å². The second-order valence-electron chi connectivity index (χ2n) is 4.33. The Balaban J connectivity index is 2.35. The first kappa shape index (κ1) is 15.3. The van der Waals surface area contributed by atoms with Crippen LogP contribution in [0.2, 0.25) is 0 Å². The summed E-state index contributed by atoms with van der Waals surface area (Å²) >= 11 is 1.25. The molecule has 0 aromatic heterocycles. The van der Waals surface area contributed by atoms with Crippen LogP contribution in [0.5, 0.6) is 0 Å². The summed E-state index contributed by atoms with van der Waals surface area (Å²) in [5.41, 5.74) is 0. The van der Waals surface area contributed by atoms with Crippen LogP contribution in [0.4, 0.5) is 0 Å². The predicted octanol–water partition coefficient (Wildman–Crippen LogP) is 1.40. The van der Waals surface area contributed by atoms with Crippen molar-refractivity contribution in [3.8, 4) is 0 Å². The Morgan fingerprint density at radius 1 is 1.40 bits per heavy atom. The molecule has 1 unspecified atom stereocenters. The molecule has 1 aromatic rings. The number of ether oxygens (including phenoxy) is 1. The normalized spacial score (nSPS) is 22.6. The molecule has 1 N–H and O–H groups in total. The fourth-order valence-corrected chi connectivity index (χ4v) is 5.69. The smallest absolute Gasteiger partial charge is 0.309 e. The van der Waals surface area contributed by atoms with E-state index in [4.69, 9.17) is 4.74 Å². The van der Waals surface area contributed by atoms with Gasteiger partial charge in [-0.25, -0.2) is 8.42 Å². The van der Waals surface area contributed by atoms with Gasteiger partial charge in [0.25, 0.3) is 0 Å². The largest absolute Gasteiger partial charge is 0.466 e. The summed E-state index contributed by atoms with van der Waals surface area (Å²) in [5, 5.41) is 2.97. The summed E-state index contributed by atoms with van der Waals surface area (Å²) in [5.74, 6) is 0.139. The molecule has 0 saturated carbocycles. The van der Waals surface area contributed by atoms with E-state index in [0.717, 1.165) is 0 Å². The highest BCUT2D eigenvalue weighted by Gasteiger charge is 2.49. The summed E-state index contributed by atoms with van der Waals surface area (Å²) in [6.45, 7) is 2.49. The highest BCUT2D eigenvalue weighted by atomic mass is 32.3. The van der Waals surface area contributed by atoms with Crippen LogP contribution in [0, 0.1) is 0 Å². The van der Waals surface area contributed by atoms with E-state index in [1.54, 1.807) is 37.3 Å². The van der Waals surface area contributed by atoms with Crippen molar-refractivity contribution in [2.45, 2.75) is 22.4 Å². The molecule has 0 amide bonds. The molecule has 1 aliphatic rings. The van der Waals surface area contributed by atoms with Gasteiger partial charge in [0.15, 0.2) is 4.20 Å². The number of esters is 1. The molecule has 1 atom stereocenters. The van der Waals surface area contributed by atoms with E-state index in [1.807, 2.05) is 0 Å². The number of rotatable bonds is 5. The maximum Gasteiger partial charge on any atom is 0.309 e. The molecule has 0 bridgehead atoms. The van der Waals surface area contributed by atoms with Crippen molar-refractivity contribution in [2.75, 3.05) is 18.9 Å². The lowest BCUT2D eigenvalue weighted by Crippen LogP contribution is -2.47. The summed E-state index contributed by atoms with van der Waals surface area (Å²) in [7, 11) is -3.66. The lowest BCUT2D eigenvalue weighted by atomic mass is 10.4. The first-order valence-corrected chi connectivity index (χ1v) is 8.83. The Morgan fingerprint density at radius 2 is 2.10 bits per heavy atom. The SMILES string of the molecule is CCOC(=O)CC1(S(=O)(=O)c2ccccc2)NCCS1. The number of hydrogen-bond acceptors (Lipinski definition) is 6. The Labute approximate surface area is 123 Å². The Hall–Kier alpha value is -1.05. The molecule has 0 radical (unpaired) electrons. The highest BCUT2D eigenvalue weighted by molar-refractivity contribution is 8.14. The molecule has 2 rings (SSSR count). The molecule has 1 aliphatic heterocycles. The van der Waals surface area contributed by atoms with E-state index < -0.39 is 20.0 Å². The van der Waals surface area contributed by atoms with Gasteiger partial charge in [0.2, 0.25) is 9.84 Å². The van der Waals surface area contributed by atoms with Gasteiger partial charge in [-0.05, 0) is 19.1 Å². The monoisotopic (exact) mass is 315 g/mol. The molecule has 1 heterocycles. The van der Waals surface area contributed by atoms with Crippen LogP contribution in [0.1, 0.15) is 13.3 Å². The van der Waals surface area contributed by atoms with Gasteiger partial charge in [-0.15, -0.1) is 11.8 Å². The molecule has 0 aliphatic carbocycles. The van der Waals surface area contributed by atoms with Crippen LogP contribution in [0.15, 0.2) is 35.2 Å². The van der Waals surface area contributed by atoms with Crippen molar-refractivity contribution in [3.05, 3.63) is 30.3 Å². The second kappa shape index (κ2) is 6.15. The van der Waals surface area contributed by atoms with Gasteiger partial charge >= 0.3 is 5.97 Å². The van der Waals surface area contributed by atoms with Crippen LogP contribution in [0.25, 0.3) is 0 Å². The third-order valence-corrected chi connectivity index (χ3v) is 7.23. The summed E-state index contributed by atoms with van der Waals surface area (Å²) in [4.78, 5) is 12.0. The minimum absolute atomic E-state index is 0.192. The third-order valence-electron chi connectivity index (χ3n) is 3.00. The van der Waals surface area contributed by atoms with Crippen molar-refractivity contribution in [2.24, 2.45) is 0 Å². The molecule has 110 valence electrons. The first-order chi connectivity index (χ1) is 9.52. The fourth-order valence-electron chi connectivity index (χ4n) is 2.08. The zero-order valence-corrected chi connectivity index (χ0v) is 12.8. The molecule has 1 saturated heterocycles. The second-order valence-corrected chi connectivity index (χ2v) is 8.15. The van der Waals surface area contributed by atoms with Gasteiger partial charge in [-0.2, -0.15) is 0 Å². The number of sulfone groups is 1. The van der Waals surface area contributed by atoms with Crippen LogP contribution < -0.4 is 5.32 Å². The standard InChI is InChI=1S/C13H17NO4S2/c1-2-18-12(15)10-13(14-8-9-19-13)20(16,17)11-6-4-3-5-7-11/h3-7,14H,2,8-10H2,1H3. The van der Waals surface area contributed by atoms with E-state index in [0.29, 0.717) is 12.3 Å². The predicted molar refractivity (Wildman–Crippen MR) is 78.1 cm³/mol. The minimum atomic E-state index is -3.66. The molecule has 1 fully saturated rings. The molecule has 7 heteroatoms. The van der Waals surface area contributed by atoms with E-state index in [1.165, 1.54) is 11.8 Å². The number of carbonyl (C=O) groups is 1. The van der Waals surface area contributed by atoms with E-state index in [2.05, 4.69) is 5.32 Å². The number of hydrogen-bond donors (Lipinski definition) is 1. The molecular formula is C13H17NO4S2. The Bertz CT molecular complexity index is 565. The zero-order chi connectivity index (χ0) is 14.6. The van der Waals surface area contributed by atoms with Crippen LogP contribution in [-0.4, -0.2) is 37.5 Å². The number of thioether (sulfide) groups is 1. The number of nitrogens with one attached hydrogen (secondary N) is 1. The lowest BCUT2D eigenvalue weighted by molar-refractivity contribution is -0.143. The van der Waals surface area contributed by atoms with Gasteiger partial charge in [0.05, 0.1) is 17.9 Å². The number of carbonyl (C=O) groups excluding carboxylic acids is 1. The van der Waals surface area contributed by atoms with Gasteiger partial charge < -0.3 is 4.74 Å². The molecule has 0 spiro atoms. The highest BCUT2D eigenvalue weighted by Crippen LogP contribution is 2.40. The van der Waals surface area contributed by atoms with Crippen LogP contribution in [0.3, 0.4) is 0 Å².